The third kappa shape index (κ3) is 11.7. The van der Waals surface area contributed by atoms with Crippen LogP contribution < -0.4 is 45.0 Å². The molecule has 258 valence electrons. The number of rotatable bonds is 18. The molecule has 0 bridgehead atoms. The lowest BCUT2D eigenvalue weighted by molar-refractivity contribution is -0.149. The standard InChI is InChI=1S/C27H48N12O7/c28-15(5-1-11-34-26(30)31)21(41)36-16(6-2-12-35-27(32)33)23(43)39-14-4-8-19(39)24(44)38-13-3-7-18(38)22(42)37-17(25(45)46)9-10-20(29)40/h15-19H,1-14,28H2,(H2,29,40)(H,36,41)(H,37,42)(H,45,46)(H4,30,31,34)(H4,32,33,35). The quantitative estimate of drug-likeness (QED) is 0.0386. The first-order chi connectivity index (χ1) is 21.7. The van der Waals surface area contributed by atoms with Crippen molar-refractivity contribution in [2.45, 2.75) is 94.4 Å². The molecule has 19 heteroatoms. The number of carbonyl (C=O) groups is 6. The first-order valence-electron chi connectivity index (χ1n) is 15.3. The van der Waals surface area contributed by atoms with Gasteiger partial charge in [-0.25, -0.2) is 4.79 Å². The summed E-state index contributed by atoms with van der Waals surface area (Å²) in [5, 5.41) is 14.6. The third-order valence-corrected chi connectivity index (χ3v) is 7.82. The number of carboxylic acids is 1. The van der Waals surface area contributed by atoms with E-state index in [-0.39, 0.29) is 63.8 Å². The van der Waals surface area contributed by atoms with Crippen LogP contribution in [0.5, 0.6) is 0 Å². The highest BCUT2D eigenvalue weighted by molar-refractivity contribution is 5.96. The summed E-state index contributed by atoms with van der Waals surface area (Å²) < 4.78 is 0. The number of guanidine groups is 2. The van der Waals surface area contributed by atoms with Gasteiger partial charge in [-0.2, -0.15) is 0 Å². The molecule has 19 nitrogen and oxygen atoms in total. The van der Waals surface area contributed by atoms with Gasteiger partial charge in [0.2, 0.25) is 29.5 Å². The Balaban J connectivity index is 2.15. The second-order valence-electron chi connectivity index (χ2n) is 11.3. The highest BCUT2D eigenvalue weighted by Gasteiger charge is 2.44. The minimum absolute atomic E-state index is 0.0790. The molecule has 2 aliphatic rings. The van der Waals surface area contributed by atoms with Crippen molar-refractivity contribution in [3.8, 4) is 0 Å². The van der Waals surface area contributed by atoms with Crippen molar-refractivity contribution in [1.29, 1.82) is 0 Å². The molecule has 0 spiro atoms. The van der Waals surface area contributed by atoms with Crippen molar-refractivity contribution >= 4 is 47.4 Å². The molecule has 5 atom stereocenters. The van der Waals surface area contributed by atoms with E-state index in [0.717, 1.165) is 0 Å². The number of primary amides is 1. The highest BCUT2D eigenvalue weighted by Crippen LogP contribution is 2.26. The number of aliphatic imine (C=N–C) groups is 2. The lowest BCUT2D eigenvalue weighted by Gasteiger charge is -2.33. The van der Waals surface area contributed by atoms with Gasteiger partial charge in [-0.05, 0) is 57.8 Å². The molecule has 0 aromatic rings. The molecule has 2 rings (SSSR count). The summed E-state index contributed by atoms with van der Waals surface area (Å²) >= 11 is 0. The minimum atomic E-state index is -1.36. The highest BCUT2D eigenvalue weighted by atomic mass is 16.4. The number of hydrogen-bond donors (Lipinski definition) is 9. The fourth-order valence-electron chi connectivity index (χ4n) is 5.48. The van der Waals surface area contributed by atoms with Crippen molar-refractivity contribution in [2.75, 3.05) is 26.2 Å². The van der Waals surface area contributed by atoms with Gasteiger partial charge in [0.25, 0.3) is 0 Å². The fraction of sp³-hybridized carbons (Fsp3) is 0.704. The summed E-state index contributed by atoms with van der Waals surface area (Å²) in [7, 11) is 0. The van der Waals surface area contributed by atoms with Crippen LogP contribution in [0.3, 0.4) is 0 Å². The molecular weight excluding hydrogens is 604 g/mol. The Morgan fingerprint density at radius 3 is 1.89 bits per heavy atom. The van der Waals surface area contributed by atoms with Gasteiger partial charge < -0.3 is 59.9 Å². The van der Waals surface area contributed by atoms with Crippen LogP contribution in [-0.2, 0) is 28.8 Å². The van der Waals surface area contributed by atoms with Crippen LogP contribution in [0.15, 0.2) is 9.98 Å². The first-order valence-corrected chi connectivity index (χ1v) is 15.3. The Bertz CT molecular complexity index is 1170. The van der Waals surface area contributed by atoms with Crippen LogP contribution in [-0.4, -0.2) is 119 Å². The van der Waals surface area contributed by atoms with Crippen molar-refractivity contribution in [2.24, 2.45) is 44.4 Å². The summed E-state index contributed by atoms with van der Waals surface area (Å²) in [5.74, 6) is -4.41. The topological polar surface area (TPSA) is 334 Å². The average molecular weight is 653 g/mol. The van der Waals surface area contributed by atoms with Gasteiger partial charge in [-0.15, -0.1) is 0 Å². The van der Waals surface area contributed by atoms with Crippen LogP contribution in [0.4, 0.5) is 0 Å². The molecule has 0 aliphatic carbocycles. The lowest BCUT2D eigenvalue weighted by Crippen LogP contribution is -2.58. The Labute approximate surface area is 266 Å². The largest absolute Gasteiger partial charge is 0.480 e. The molecule has 0 radical (unpaired) electrons. The van der Waals surface area contributed by atoms with Crippen LogP contribution >= 0.6 is 0 Å². The zero-order chi connectivity index (χ0) is 34.4. The summed E-state index contributed by atoms with van der Waals surface area (Å²) in [6.45, 7) is 0.971. The van der Waals surface area contributed by atoms with E-state index in [1.54, 1.807) is 0 Å². The maximum absolute atomic E-state index is 13.8. The van der Waals surface area contributed by atoms with Gasteiger partial charge in [-0.3, -0.25) is 34.0 Å². The molecule has 2 saturated heterocycles. The molecule has 0 saturated carbocycles. The van der Waals surface area contributed by atoms with Crippen LogP contribution in [0.1, 0.15) is 64.2 Å². The van der Waals surface area contributed by atoms with E-state index in [1.807, 2.05) is 0 Å². The number of nitrogens with zero attached hydrogens (tertiary/aromatic N) is 4. The van der Waals surface area contributed by atoms with Gasteiger partial charge >= 0.3 is 5.97 Å². The van der Waals surface area contributed by atoms with Gasteiger partial charge in [0.05, 0.1) is 6.04 Å². The van der Waals surface area contributed by atoms with Crippen LogP contribution in [0, 0.1) is 0 Å². The maximum Gasteiger partial charge on any atom is 0.326 e. The summed E-state index contributed by atoms with van der Waals surface area (Å²) in [5.41, 5.74) is 32.6. The molecule has 2 heterocycles. The van der Waals surface area contributed by atoms with E-state index in [2.05, 4.69) is 20.6 Å². The van der Waals surface area contributed by atoms with Gasteiger partial charge in [-0.1, -0.05) is 0 Å². The average Bonchev–Trinajstić information content (AvgIpc) is 3.68. The number of carboxylic acid groups (broad SMARTS) is 1. The van der Waals surface area contributed by atoms with E-state index >= 15 is 0 Å². The lowest BCUT2D eigenvalue weighted by atomic mass is 10.1. The zero-order valence-corrected chi connectivity index (χ0v) is 25.9. The summed E-state index contributed by atoms with van der Waals surface area (Å²) in [6, 6.07) is -5.18. The summed E-state index contributed by atoms with van der Waals surface area (Å²) in [6.07, 6.45) is 2.40. The number of carbonyl (C=O) groups excluding carboxylic acids is 5. The minimum Gasteiger partial charge on any atom is -0.480 e. The first kappa shape index (κ1) is 37.5. The van der Waals surface area contributed by atoms with Crippen molar-refractivity contribution in [1.82, 2.24) is 20.4 Å². The summed E-state index contributed by atoms with van der Waals surface area (Å²) in [4.78, 5) is 87.0. The second-order valence-corrected chi connectivity index (χ2v) is 11.3. The zero-order valence-electron chi connectivity index (χ0n) is 25.9. The Hall–Kier alpha value is -4.68. The van der Waals surface area contributed by atoms with Gasteiger partial charge in [0.1, 0.15) is 24.2 Å². The molecule has 5 amide bonds. The Kier molecular flexibility index (Phi) is 14.9. The third-order valence-electron chi connectivity index (χ3n) is 7.82. The van der Waals surface area contributed by atoms with Gasteiger partial charge in [0.15, 0.2) is 11.9 Å². The molecule has 0 aromatic carbocycles. The van der Waals surface area contributed by atoms with E-state index in [0.29, 0.717) is 38.5 Å². The molecule has 2 fully saturated rings. The number of hydrogen-bond acceptors (Lipinski definition) is 9. The molecule has 2 aliphatic heterocycles. The number of likely N-dealkylation sites (tertiary alicyclic amines) is 2. The predicted octanol–water partition coefficient (Wildman–Crippen LogP) is -4.28. The molecule has 15 N–H and O–H groups in total. The van der Waals surface area contributed by atoms with Crippen molar-refractivity contribution in [3.05, 3.63) is 0 Å². The van der Waals surface area contributed by atoms with E-state index in [9.17, 15) is 33.9 Å². The smallest absolute Gasteiger partial charge is 0.326 e. The second kappa shape index (κ2) is 18.3. The maximum atomic E-state index is 13.8. The molecule has 0 aromatic heterocycles. The molecular formula is C27H48N12O7. The normalized spacial score (nSPS) is 19.4. The number of aliphatic carboxylic acids is 1. The molecule has 46 heavy (non-hydrogen) atoms. The van der Waals surface area contributed by atoms with Gasteiger partial charge in [0, 0.05) is 32.6 Å². The Morgan fingerprint density at radius 1 is 0.761 bits per heavy atom. The van der Waals surface area contributed by atoms with Crippen LogP contribution in [0.25, 0.3) is 0 Å². The monoisotopic (exact) mass is 652 g/mol. The number of nitrogens with one attached hydrogen (secondary N) is 2. The molecule has 5 unspecified atom stereocenters. The fourth-order valence-corrected chi connectivity index (χ4v) is 5.48. The van der Waals surface area contributed by atoms with Crippen LogP contribution in [0.2, 0.25) is 0 Å². The van der Waals surface area contributed by atoms with Crippen molar-refractivity contribution < 1.29 is 33.9 Å². The predicted molar refractivity (Wildman–Crippen MR) is 167 cm³/mol. The van der Waals surface area contributed by atoms with Crippen molar-refractivity contribution in [3.63, 3.8) is 0 Å². The number of amides is 5. The SMILES string of the molecule is NC(=O)CCC(NC(=O)C1CCCN1C(=O)C1CCCN1C(=O)C(CCCN=C(N)N)NC(=O)C(N)CCCN=C(N)N)C(=O)O. The Morgan fingerprint density at radius 2 is 1.33 bits per heavy atom. The van der Waals surface area contributed by atoms with E-state index < -0.39 is 65.7 Å². The number of nitrogens with two attached hydrogens (primary N) is 6. The van der Waals surface area contributed by atoms with E-state index in [1.165, 1.54) is 9.80 Å². The van der Waals surface area contributed by atoms with E-state index in [4.69, 9.17) is 34.4 Å².